The number of halogens is 1. The van der Waals surface area contributed by atoms with E-state index in [9.17, 15) is 14.0 Å². The van der Waals surface area contributed by atoms with Gasteiger partial charge in [-0.05, 0) is 35.9 Å². The number of hydrogen-bond acceptors (Lipinski definition) is 6. The van der Waals surface area contributed by atoms with Crippen molar-refractivity contribution in [1.82, 2.24) is 14.5 Å². The third kappa shape index (κ3) is 4.50. The van der Waals surface area contributed by atoms with Crippen LogP contribution in [0.4, 0.5) is 10.1 Å². The average molecular weight is 477 g/mol. The highest BCUT2D eigenvalue weighted by atomic mass is 32.2. The van der Waals surface area contributed by atoms with Crippen molar-refractivity contribution in [2.75, 3.05) is 11.1 Å². The molecule has 0 atom stereocenters. The number of hydrogen-bond donors (Lipinski definition) is 1. The summed E-state index contributed by atoms with van der Waals surface area (Å²) in [5.41, 5.74) is 1.75. The van der Waals surface area contributed by atoms with Gasteiger partial charge >= 0.3 is 0 Å². The molecule has 0 aliphatic heterocycles. The number of nitrogens with zero attached hydrogens (tertiary/aromatic N) is 3. The molecule has 5 rings (SSSR count). The number of anilines is 1. The largest absolute Gasteiger partial charge is 0.325 e. The third-order valence-corrected chi connectivity index (χ3v) is 7.01. The standard InChI is InChI=1S/C24H17FN4O2S2/c25-16-8-4-9-17(12-16)27-19(30)14-32-24-28-20-18-10-5-11-26-22(18)33-21(20)23(31)29(24)13-15-6-2-1-3-7-15/h1-12H,13-14H2,(H,27,30). The van der Waals surface area contributed by atoms with Crippen LogP contribution >= 0.6 is 23.1 Å². The van der Waals surface area contributed by atoms with Crippen molar-refractivity contribution in [2.45, 2.75) is 11.7 Å². The van der Waals surface area contributed by atoms with E-state index >= 15 is 0 Å². The molecule has 164 valence electrons. The predicted octanol–water partition coefficient (Wildman–Crippen LogP) is 4.92. The molecule has 0 aliphatic rings. The zero-order valence-electron chi connectivity index (χ0n) is 17.2. The first kappa shape index (κ1) is 21.3. The number of benzene rings is 2. The number of fused-ring (bicyclic) bond motifs is 3. The molecule has 3 aromatic heterocycles. The van der Waals surface area contributed by atoms with Gasteiger partial charge in [-0.3, -0.25) is 14.2 Å². The van der Waals surface area contributed by atoms with E-state index in [4.69, 9.17) is 4.98 Å². The molecule has 9 heteroatoms. The number of pyridine rings is 1. The highest BCUT2D eigenvalue weighted by Crippen LogP contribution is 2.30. The molecule has 0 radical (unpaired) electrons. The van der Waals surface area contributed by atoms with Gasteiger partial charge in [0.1, 0.15) is 15.3 Å². The first-order chi connectivity index (χ1) is 16.1. The predicted molar refractivity (Wildman–Crippen MR) is 130 cm³/mol. The van der Waals surface area contributed by atoms with Crippen LogP contribution in [-0.4, -0.2) is 26.2 Å². The molecule has 0 aliphatic carbocycles. The first-order valence-electron chi connectivity index (χ1n) is 10.1. The molecule has 0 spiro atoms. The van der Waals surface area contributed by atoms with Crippen LogP contribution in [-0.2, 0) is 11.3 Å². The van der Waals surface area contributed by atoms with Crippen molar-refractivity contribution < 1.29 is 9.18 Å². The fourth-order valence-electron chi connectivity index (χ4n) is 3.45. The van der Waals surface area contributed by atoms with Crippen LogP contribution in [0.2, 0.25) is 0 Å². The van der Waals surface area contributed by atoms with Gasteiger partial charge in [-0.2, -0.15) is 0 Å². The zero-order chi connectivity index (χ0) is 22.8. The number of nitrogens with one attached hydrogen (secondary N) is 1. The van der Waals surface area contributed by atoms with Gasteiger partial charge in [0.25, 0.3) is 5.56 Å². The summed E-state index contributed by atoms with van der Waals surface area (Å²) < 4.78 is 15.5. The first-order valence-corrected chi connectivity index (χ1v) is 11.9. The SMILES string of the molecule is O=C(CSc1nc2c(sc3ncccc32)c(=O)n1Cc1ccccc1)Nc1cccc(F)c1. The Morgan fingerprint density at radius 2 is 1.94 bits per heavy atom. The molecular formula is C24H17FN4O2S2. The molecule has 0 unspecified atom stereocenters. The highest BCUT2D eigenvalue weighted by molar-refractivity contribution is 7.99. The summed E-state index contributed by atoms with van der Waals surface area (Å²) in [6.45, 7) is 0.331. The lowest BCUT2D eigenvalue weighted by molar-refractivity contribution is -0.113. The summed E-state index contributed by atoms with van der Waals surface area (Å²) in [7, 11) is 0. The van der Waals surface area contributed by atoms with E-state index in [-0.39, 0.29) is 17.2 Å². The van der Waals surface area contributed by atoms with Gasteiger partial charge in [-0.15, -0.1) is 11.3 Å². The van der Waals surface area contributed by atoms with Crippen LogP contribution in [0.3, 0.4) is 0 Å². The molecule has 0 bridgehead atoms. The lowest BCUT2D eigenvalue weighted by atomic mass is 10.2. The molecule has 0 saturated carbocycles. The molecule has 2 aromatic carbocycles. The van der Waals surface area contributed by atoms with Crippen LogP contribution in [0.25, 0.3) is 20.4 Å². The number of carbonyl (C=O) groups excluding carboxylic acids is 1. The van der Waals surface area contributed by atoms with Gasteiger partial charge in [0.2, 0.25) is 5.91 Å². The maximum absolute atomic E-state index is 13.4. The minimum absolute atomic E-state index is 0.0174. The monoisotopic (exact) mass is 476 g/mol. The Kier molecular flexibility index (Phi) is 5.89. The second kappa shape index (κ2) is 9.13. The molecule has 5 aromatic rings. The van der Waals surface area contributed by atoms with Gasteiger partial charge in [0.15, 0.2) is 5.16 Å². The summed E-state index contributed by atoms with van der Waals surface area (Å²) >= 11 is 2.49. The van der Waals surface area contributed by atoms with Gasteiger partial charge < -0.3 is 5.32 Å². The highest BCUT2D eigenvalue weighted by Gasteiger charge is 2.18. The van der Waals surface area contributed by atoms with E-state index in [0.29, 0.717) is 27.6 Å². The van der Waals surface area contributed by atoms with Crippen molar-refractivity contribution in [3.05, 3.63) is 94.7 Å². The van der Waals surface area contributed by atoms with Crippen LogP contribution < -0.4 is 10.9 Å². The topological polar surface area (TPSA) is 76.9 Å². The normalized spacial score (nSPS) is 11.2. The fraction of sp³-hybridized carbons (Fsp3) is 0.0833. The number of amides is 1. The van der Waals surface area contributed by atoms with Gasteiger partial charge in [-0.1, -0.05) is 48.2 Å². The summed E-state index contributed by atoms with van der Waals surface area (Å²) in [5, 5.41) is 3.93. The molecule has 33 heavy (non-hydrogen) atoms. The number of thioether (sulfide) groups is 1. The van der Waals surface area contributed by atoms with Crippen LogP contribution in [0, 0.1) is 5.82 Å². The smallest absolute Gasteiger partial charge is 0.272 e. The van der Waals surface area contributed by atoms with E-state index in [1.807, 2.05) is 42.5 Å². The Morgan fingerprint density at radius 1 is 1.09 bits per heavy atom. The lowest BCUT2D eigenvalue weighted by Gasteiger charge is -2.12. The van der Waals surface area contributed by atoms with Crippen molar-refractivity contribution in [3.63, 3.8) is 0 Å². The summed E-state index contributed by atoms with van der Waals surface area (Å²) in [6, 6.07) is 19.0. The summed E-state index contributed by atoms with van der Waals surface area (Å²) in [5.74, 6) is -0.728. The average Bonchev–Trinajstić information content (AvgIpc) is 3.19. The third-order valence-electron chi connectivity index (χ3n) is 4.94. The molecule has 1 N–H and O–H groups in total. The number of carbonyl (C=O) groups is 1. The second-order valence-electron chi connectivity index (χ2n) is 7.25. The van der Waals surface area contributed by atoms with Crippen LogP contribution in [0.5, 0.6) is 0 Å². The molecule has 3 heterocycles. The minimum Gasteiger partial charge on any atom is -0.325 e. The summed E-state index contributed by atoms with van der Waals surface area (Å²) in [4.78, 5) is 35.8. The Bertz CT molecular complexity index is 1530. The molecule has 6 nitrogen and oxygen atoms in total. The number of thiophene rings is 1. The van der Waals surface area contributed by atoms with Gasteiger partial charge in [0.05, 0.1) is 17.8 Å². The Balaban J connectivity index is 1.51. The second-order valence-corrected chi connectivity index (χ2v) is 9.20. The van der Waals surface area contributed by atoms with Crippen LogP contribution in [0.1, 0.15) is 5.56 Å². The van der Waals surface area contributed by atoms with Gasteiger partial charge in [0, 0.05) is 17.3 Å². The molecular weight excluding hydrogens is 459 g/mol. The minimum atomic E-state index is -0.429. The van der Waals surface area contributed by atoms with Crippen molar-refractivity contribution >= 4 is 55.1 Å². The van der Waals surface area contributed by atoms with Crippen molar-refractivity contribution in [1.29, 1.82) is 0 Å². The number of rotatable bonds is 6. The molecule has 0 fully saturated rings. The fourth-order valence-corrected chi connectivity index (χ4v) is 5.27. The van der Waals surface area contributed by atoms with Crippen LogP contribution in [0.15, 0.2) is 82.9 Å². The lowest BCUT2D eigenvalue weighted by Crippen LogP contribution is -2.24. The van der Waals surface area contributed by atoms with E-state index in [0.717, 1.165) is 15.8 Å². The van der Waals surface area contributed by atoms with E-state index in [2.05, 4.69) is 10.3 Å². The quantitative estimate of drug-likeness (QED) is 0.278. The maximum Gasteiger partial charge on any atom is 0.272 e. The molecule has 0 saturated heterocycles. The summed E-state index contributed by atoms with van der Waals surface area (Å²) in [6.07, 6.45) is 1.69. The Morgan fingerprint density at radius 3 is 2.76 bits per heavy atom. The maximum atomic E-state index is 13.4. The molecule has 1 amide bonds. The Labute approximate surface area is 196 Å². The van der Waals surface area contributed by atoms with Crippen molar-refractivity contribution in [3.8, 4) is 0 Å². The Hall–Kier alpha value is -3.56. The van der Waals surface area contributed by atoms with E-state index < -0.39 is 5.82 Å². The van der Waals surface area contributed by atoms with E-state index in [1.54, 1.807) is 16.8 Å². The van der Waals surface area contributed by atoms with Crippen molar-refractivity contribution in [2.24, 2.45) is 0 Å². The van der Waals surface area contributed by atoms with Gasteiger partial charge in [-0.25, -0.2) is 14.4 Å². The number of aromatic nitrogens is 3. The van der Waals surface area contributed by atoms with E-state index in [1.165, 1.54) is 41.3 Å². The zero-order valence-corrected chi connectivity index (χ0v) is 18.8.